The van der Waals surface area contributed by atoms with Gasteiger partial charge in [-0.1, -0.05) is 30.3 Å². The van der Waals surface area contributed by atoms with Gasteiger partial charge < -0.3 is 19.8 Å². The van der Waals surface area contributed by atoms with Gasteiger partial charge >= 0.3 is 0 Å². The predicted molar refractivity (Wildman–Crippen MR) is 110 cm³/mol. The van der Waals surface area contributed by atoms with Gasteiger partial charge in [-0.2, -0.15) is 0 Å². The molecule has 0 saturated heterocycles. The van der Waals surface area contributed by atoms with Gasteiger partial charge in [0.2, 0.25) is 5.91 Å². The summed E-state index contributed by atoms with van der Waals surface area (Å²) >= 11 is 0. The van der Waals surface area contributed by atoms with Gasteiger partial charge in [0, 0.05) is 23.6 Å². The summed E-state index contributed by atoms with van der Waals surface area (Å²) < 4.78 is 10.7. The second kappa shape index (κ2) is 8.90. The number of ether oxygens (including phenoxy) is 2. The molecule has 3 rings (SSSR count). The molecule has 1 heterocycles. The van der Waals surface area contributed by atoms with Gasteiger partial charge in [-0.3, -0.25) is 9.59 Å². The van der Waals surface area contributed by atoms with Crippen molar-refractivity contribution in [3.05, 3.63) is 76.1 Å². The Morgan fingerprint density at radius 3 is 2.50 bits per heavy atom. The number of aromatic amines is 1. The Morgan fingerprint density at radius 1 is 1.07 bits per heavy atom. The molecule has 28 heavy (non-hydrogen) atoms. The molecule has 0 unspecified atom stereocenters. The van der Waals surface area contributed by atoms with Crippen LogP contribution < -0.4 is 20.3 Å². The minimum Gasteiger partial charge on any atom is -0.496 e. The molecule has 0 bridgehead atoms. The van der Waals surface area contributed by atoms with Crippen LogP contribution in [0.5, 0.6) is 11.5 Å². The highest BCUT2D eigenvalue weighted by Crippen LogP contribution is 2.31. The van der Waals surface area contributed by atoms with E-state index in [0.29, 0.717) is 35.5 Å². The average molecular weight is 378 g/mol. The highest BCUT2D eigenvalue weighted by atomic mass is 16.5. The molecular weight excluding hydrogens is 356 g/mol. The molecule has 0 aliphatic carbocycles. The fourth-order valence-corrected chi connectivity index (χ4v) is 2.94. The summed E-state index contributed by atoms with van der Waals surface area (Å²) in [5.74, 6) is 1.00. The van der Waals surface area contributed by atoms with Crippen LogP contribution in [0.25, 0.3) is 17.0 Å². The molecule has 0 aliphatic heterocycles. The Kier molecular flexibility index (Phi) is 6.11. The lowest BCUT2D eigenvalue weighted by Gasteiger charge is -2.11. The van der Waals surface area contributed by atoms with Gasteiger partial charge in [-0.05, 0) is 36.3 Å². The summed E-state index contributed by atoms with van der Waals surface area (Å²) in [6.45, 7) is 0.346. The maximum Gasteiger partial charge on any atom is 0.251 e. The third-order valence-electron chi connectivity index (χ3n) is 4.38. The van der Waals surface area contributed by atoms with Crippen LogP contribution in [0.2, 0.25) is 0 Å². The minimum absolute atomic E-state index is 0.208. The zero-order valence-electron chi connectivity index (χ0n) is 15.8. The van der Waals surface area contributed by atoms with Crippen molar-refractivity contribution in [1.29, 1.82) is 0 Å². The lowest BCUT2D eigenvalue weighted by atomic mass is 10.1. The number of carbonyl (C=O) groups is 1. The first-order valence-electron chi connectivity index (χ1n) is 8.90. The molecule has 6 nitrogen and oxygen atoms in total. The molecule has 2 N–H and O–H groups in total. The van der Waals surface area contributed by atoms with Crippen LogP contribution in [0.4, 0.5) is 0 Å². The molecule has 144 valence electrons. The first-order valence-corrected chi connectivity index (χ1v) is 8.90. The summed E-state index contributed by atoms with van der Waals surface area (Å²) in [4.78, 5) is 27.2. The van der Waals surface area contributed by atoms with Crippen molar-refractivity contribution in [2.24, 2.45) is 0 Å². The number of hydrogen-bond acceptors (Lipinski definition) is 4. The number of benzene rings is 2. The smallest absolute Gasteiger partial charge is 0.251 e. The number of pyridine rings is 1. The van der Waals surface area contributed by atoms with Crippen LogP contribution in [0.1, 0.15) is 11.1 Å². The highest BCUT2D eigenvalue weighted by molar-refractivity contribution is 5.92. The fourth-order valence-electron chi connectivity index (χ4n) is 2.94. The zero-order chi connectivity index (χ0) is 19.9. The van der Waals surface area contributed by atoms with Gasteiger partial charge in [0.05, 0.1) is 19.7 Å². The number of methoxy groups -OCH3 is 2. The monoisotopic (exact) mass is 378 g/mol. The summed E-state index contributed by atoms with van der Waals surface area (Å²) in [6, 6.07) is 14.9. The Morgan fingerprint density at radius 2 is 1.79 bits per heavy atom. The summed E-state index contributed by atoms with van der Waals surface area (Å²) in [5, 5.41) is 3.55. The van der Waals surface area contributed by atoms with Crippen LogP contribution in [-0.2, 0) is 11.2 Å². The molecular formula is C22H22N2O4. The maximum absolute atomic E-state index is 12.4. The van der Waals surface area contributed by atoms with E-state index in [-0.39, 0.29) is 11.5 Å². The number of hydrogen-bond donors (Lipinski definition) is 2. The van der Waals surface area contributed by atoms with Crippen LogP contribution >= 0.6 is 0 Å². The van der Waals surface area contributed by atoms with Crippen molar-refractivity contribution in [2.45, 2.75) is 6.42 Å². The SMILES string of the molecule is COc1ccc(OC)c2[nH]c(=O)c(CCNC(=O)C=Cc3ccccc3)cc12. The highest BCUT2D eigenvalue weighted by Gasteiger charge is 2.11. The average Bonchev–Trinajstić information content (AvgIpc) is 2.72. The van der Waals surface area contributed by atoms with Crippen molar-refractivity contribution < 1.29 is 14.3 Å². The Labute approximate surface area is 162 Å². The van der Waals surface area contributed by atoms with Crippen LogP contribution in [0.15, 0.2) is 59.4 Å². The standard InChI is InChI=1S/C22H22N2O4/c1-27-18-9-10-19(28-2)21-17(18)14-16(22(26)24-21)12-13-23-20(25)11-8-15-6-4-3-5-7-15/h3-11,14H,12-13H2,1-2H3,(H,23,25)(H,24,26). The number of nitrogens with one attached hydrogen (secondary N) is 2. The number of H-pyrrole nitrogens is 1. The van der Waals surface area contributed by atoms with Gasteiger partial charge in [0.25, 0.3) is 5.56 Å². The Hall–Kier alpha value is -3.54. The second-order valence-electron chi connectivity index (χ2n) is 6.17. The largest absolute Gasteiger partial charge is 0.496 e. The number of rotatable bonds is 7. The van der Waals surface area contributed by atoms with E-state index in [9.17, 15) is 9.59 Å². The molecule has 0 atom stereocenters. The molecule has 3 aromatic rings. The molecule has 0 spiro atoms. The molecule has 0 radical (unpaired) electrons. The molecule has 0 fully saturated rings. The molecule has 2 aromatic carbocycles. The topological polar surface area (TPSA) is 80.4 Å². The van der Waals surface area contributed by atoms with Crippen molar-refractivity contribution in [2.75, 3.05) is 20.8 Å². The predicted octanol–water partition coefficient (Wildman–Crippen LogP) is 2.92. The fraction of sp³-hybridized carbons (Fsp3) is 0.182. The third kappa shape index (κ3) is 4.40. The lowest BCUT2D eigenvalue weighted by molar-refractivity contribution is -0.116. The first kappa shape index (κ1) is 19.2. The van der Waals surface area contributed by atoms with E-state index in [1.807, 2.05) is 30.3 Å². The Bertz CT molecular complexity index is 1060. The van der Waals surface area contributed by atoms with Gasteiger partial charge in [0.1, 0.15) is 11.5 Å². The third-order valence-corrected chi connectivity index (χ3v) is 4.38. The van der Waals surface area contributed by atoms with E-state index in [1.165, 1.54) is 6.08 Å². The van der Waals surface area contributed by atoms with Crippen LogP contribution in [0, 0.1) is 0 Å². The van der Waals surface area contributed by atoms with E-state index in [1.54, 1.807) is 38.5 Å². The minimum atomic E-state index is -0.215. The summed E-state index contributed by atoms with van der Waals surface area (Å²) in [6.07, 6.45) is 3.62. The maximum atomic E-state index is 12.4. The van der Waals surface area contributed by atoms with E-state index >= 15 is 0 Å². The zero-order valence-corrected chi connectivity index (χ0v) is 15.8. The number of amides is 1. The van der Waals surface area contributed by atoms with Crippen molar-refractivity contribution in [3.63, 3.8) is 0 Å². The quantitative estimate of drug-likeness (QED) is 0.620. The van der Waals surface area contributed by atoms with E-state index in [4.69, 9.17) is 9.47 Å². The second-order valence-corrected chi connectivity index (χ2v) is 6.17. The molecule has 0 aliphatic rings. The Balaban J connectivity index is 1.70. The van der Waals surface area contributed by atoms with E-state index in [0.717, 1.165) is 10.9 Å². The van der Waals surface area contributed by atoms with Crippen molar-refractivity contribution >= 4 is 22.9 Å². The molecule has 1 amide bonds. The van der Waals surface area contributed by atoms with Crippen LogP contribution in [-0.4, -0.2) is 31.7 Å². The van der Waals surface area contributed by atoms with Crippen LogP contribution in [0.3, 0.4) is 0 Å². The first-order chi connectivity index (χ1) is 13.6. The number of carbonyl (C=O) groups excluding carboxylic acids is 1. The van der Waals surface area contributed by atoms with E-state index < -0.39 is 0 Å². The molecule has 6 heteroatoms. The lowest BCUT2D eigenvalue weighted by Crippen LogP contribution is -2.25. The number of fused-ring (bicyclic) bond motifs is 1. The summed E-state index contributed by atoms with van der Waals surface area (Å²) in [5.41, 5.74) is 1.88. The molecule has 0 saturated carbocycles. The van der Waals surface area contributed by atoms with Crippen molar-refractivity contribution in [3.8, 4) is 11.5 Å². The van der Waals surface area contributed by atoms with E-state index in [2.05, 4.69) is 10.3 Å². The van der Waals surface area contributed by atoms with Gasteiger partial charge in [-0.25, -0.2) is 0 Å². The number of aromatic nitrogens is 1. The molecule has 1 aromatic heterocycles. The summed E-state index contributed by atoms with van der Waals surface area (Å²) in [7, 11) is 3.12. The van der Waals surface area contributed by atoms with Crippen molar-refractivity contribution in [1.82, 2.24) is 10.3 Å². The van der Waals surface area contributed by atoms with Gasteiger partial charge in [-0.15, -0.1) is 0 Å². The normalized spacial score (nSPS) is 10.9. The van der Waals surface area contributed by atoms with Gasteiger partial charge in [0.15, 0.2) is 0 Å².